The maximum absolute atomic E-state index is 11.6. The van der Waals surface area contributed by atoms with E-state index in [0.717, 1.165) is 11.1 Å². The Morgan fingerprint density at radius 1 is 1.06 bits per heavy atom. The molecule has 0 aromatic heterocycles. The lowest BCUT2D eigenvalue weighted by molar-refractivity contribution is -0.139. The minimum absolute atomic E-state index is 0.285. The second-order valence-corrected chi connectivity index (χ2v) is 4.79. The molecule has 2 nitrogen and oxygen atoms in total. The van der Waals surface area contributed by atoms with Gasteiger partial charge in [0.05, 0.1) is 0 Å². The number of hydrogen-bond donors (Lipinski definition) is 0. The van der Waals surface area contributed by atoms with Crippen molar-refractivity contribution in [3.63, 3.8) is 0 Å². The minimum Gasteiger partial charge on any atom is -0.290 e. The molecular weight excluding hydrogens is 200 g/mol. The van der Waals surface area contributed by atoms with Gasteiger partial charge in [0.15, 0.2) is 0 Å². The van der Waals surface area contributed by atoms with E-state index in [1.165, 1.54) is 6.08 Å². The number of ketones is 2. The number of rotatable bonds is 1. The van der Waals surface area contributed by atoms with Gasteiger partial charge in [-0.25, -0.2) is 0 Å². The molecular formula is C14H14O2. The van der Waals surface area contributed by atoms with Gasteiger partial charge in [-0.05, 0) is 23.6 Å². The van der Waals surface area contributed by atoms with Gasteiger partial charge in [0.1, 0.15) is 0 Å². The quantitative estimate of drug-likeness (QED) is 0.673. The first-order valence-corrected chi connectivity index (χ1v) is 5.35. The molecule has 0 saturated carbocycles. The Labute approximate surface area is 95.0 Å². The first kappa shape index (κ1) is 10.8. The van der Waals surface area contributed by atoms with Gasteiger partial charge in [-0.15, -0.1) is 0 Å². The van der Waals surface area contributed by atoms with Crippen LogP contribution in [-0.2, 0) is 9.59 Å². The zero-order valence-electron chi connectivity index (χ0n) is 9.49. The molecule has 16 heavy (non-hydrogen) atoms. The fraction of sp³-hybridized carbons (Fsp3) is 0.286. The van der Waals surface area contributed by atoms with E-state index in [4.69, 9.17) is 0 Å². The monoisotopic (exact) mass is 214 g/mol. The standard InChI is InChI=1S/C14H14O2/c1-14(2)9-11(8-12(15)13(14)16)10-6-4-3-5-7-10/h3-8H,9H2,1-2H3. The minimum atomic E-state index is -0.572. The van der Waals surface area contributed by atoms with Crippen molar-refractivity contribution in [1.82, 2.24) is 0 Å². The average Bonchev–Trinajstić information content (AvgIpc) is 2.26. The van der Waals surface area contributed by atoms with Gasteiger partial charge >= 0.3 is 0 Å². The molecule has 0 spiro atoms. The van der Waals surface area contributed by atoms with E-state index in [9.17, 15) is 9.59 Å². The van der Waals surface area contributed by atoms with E-state index in [0.29, 0.717) is 6.42 Å². The third kappa shape index (κ3) is 1.83. The molecule has 1 aromatic carbocycles. The van der Waals surface area contributed by atoms with Crippen molar-refractivity contribution < 1.29 is 9.59 Å². The number of carbonyl (C=O) groups is 2. The van der Waals surface area contributed by atoms with Gasteiger partial charge in [-0.1, -0.05) is 44.2 Å². The average molecular weight is 214 g/mol. The van der Waals surface area contributed by atoms with Gasteiger partial charge in [0, 0.05) is 5.41 Å². The van der Waals surface area contributed by atoms with Crippen molar-refractivity contribution in [2.24, 2.45) is 5.41 Å². The SMILES string of the molecule is CC1(C)CC(c2ccccc2)=CC(=O)C1=O. The third-order valence-corrected chi connectivity index (χ3v) is 2.92. The largest absolute Gasteiger partial charge is 0.290 e. The molecule has 2 heteroatoms. The summed E-state index contributed by atoms with van der Waals surface area (Å²) in [5.41, 5.74) is 1.41. The predicted octanol–water partition coefficient (Wildman–Crippen LogP) is 2.64. The molecule has 1 aromatic rings. The fourth-order valence-corrected chi connectivity index (χ4v) is 2.00. The summed E-state index contributed by atoms with van der Waals surface area (Å²) in [4.78, 5) is 23.2. The summed E-state index contributed by atoms with van der Waals surface area (Å²) in [6.07, 6.45) is 2.10. The predicted molar refractivity (Wildman–Crippen MR) is 62.8 cm³/mol. The van der Waals surface area contributed by atoms with Crippen molar-refractivity contribution in [2.45, 2.75) is 20.3 Å². The van der Waals surface area contributed by atoms with Crippen LogP contribution in [0.4, 0.5) is 0 Å². The van der Waals surface area contributed by atoms with Crippen LogP contribution in [0.3, 0.4) is 0 Å². The van der Waals surface area contributed by atoms with E-state index in [1.54, 1.807) is 0 Å². The zero-order valence-corrected chi connectivity index (χ0v) is 9.49. The van der Waals surface area contributed by atoms with Gasteiger partial charge < -0.3 is 0 Å². The van der Waals surface area contributed by atoms with Gasteiger partial charge in [0.25, 0.3) is 0 Å². The molecule has 0 heterocycles. The highest BCUT2D eigenvalue weighted by Gasteiger charge is 2.36. The summed E-state index contributed by atoms with van der Waals surface area (Å²) in [6.45, 7) is 3.65. The molecule has 0 aliphatic heterocycles. The Morgan fingerprint density at radius 2 is 1.69 bits per heavy atom. The molecule has 82 valence electrons. The van der Waals surface area contributed by atoms with Crippen LogP contribution in [0.15, 0.2) is 36.4 Å². The highest BCUT2D eigenvalue weighted by atomic mass is 16.2. The van der Waals surface area contributed by atoms with Crippen LogP contribution >= 0.6 is 0 Å². The number of allylic oxidation sites excluding steroid dienone is 2. The Hall–Kier alpha value is -1.70. The Kier molecular flexibility index (Phi) is 2.50. The molecule has 0 atom stereocenters. The van der Waals surface area contributed by atoms with Gasteiger partial charge in [-0.3, -0.25) is 9.59 Å². The molecule has 0 fully saturated rings. The van der Waals surface area contributed by atoms with Crippen LogP contribution in [0.2, 0.25) is 0 Å². The normalized spacial score (nSPS) is 19.5. The fourth-order valence-electron chi connectivity index (χ4n) is 2.00. The number of carbonyl (C=O) groups excluding carboxylic acids is 2. The van der Waals surface area contributed by atoms with Crippen molar-refractivity contribution in [3.05, 3.63) is 42.0 Å². The van der Waals surface area contributed by atoms with Crippen LogP contribution in [0.25, 0.3) is 5.57 Å². The van der Waals surface area contributed by atoms with E-state index < -0.39 is 5.41 Å². The van der Waals surface area contributed by atoms with Crippen molar-refractivity contribution in [3.8, 4) is 0 Å². The zero-order chi connectivity index (χ0) is 11.8. The van der Waals surface area contributed by atoms with Crippen LogP contribution in [0.1, 0.15) is 25.8 Å². The summed E-state index contributed by atoms with van der Waals surface area (Å²) in [5, 5.41) is 0. The van der Waals surface area contributed by atoms with E-state index in [2.05, 4.69) is 0 Å². The van der Waals surface area contributed by atoms with Crippen LogP contribution in [0.5, 0.6) is 0 Å². The highest BCUT2D eigenvalue weighted by Crippen LogP contribution is 2.35. The summed E-state index contributed by atoms with van der Waals surface area (Å²) >= 11 is 0. The Morgan fingerprint density at radius 3 is 2.25 bits per heavy atom. The smallest absolute Gasteiger partial charge is 0.222 e. The Balaban J connectivity index is 2.42. The molecule has 0 N–H and O–H groups in total. The third-order valence-electron chi connectivity index (χ3n) is 2.92. The first-order chi connectivity index (χ1) is 7.50. The molecule has 0 saturated heterocycles. The molecule has 2 rings (SSSR count). The van der Waals surface area contributed by atoms with Crippen LogP contribution in [0, 0.1) is 5.41 Å². The second-order valence-electron chi connectivity index (χ2n) is 4.79. The summed E-state index contributed by atoms with van der Waals surface area (Å²) in [5.74, 6) is -0.665. The van der Waals surface area contributed by atoms with Crippen LogP contribution < -0.4 is 0 Å². The van der Waals surface area contributed by atoms with Crippen molar-refractivity contribution in [1.29, 1.82) is 0 Å². The molecule has 1 aliphatic rings. The van der Waals surface area contributed by atoms with E-state index in [1.807, 2.05) is 44.2 Å². The molecule has 0 radical (unpaired) electrons. The Bertz CT molecular complexity index is 467. The highest BCUT2D eigenvalue weighted by molar-refractivity contribution is 6.45. The topological polar surface area (TPSA) is 34.1 Å². The lowest BCUT2D eigenvalue weighted by atomic mass is 9.74. The first-order valence-electron chi connectivity index (χ1n) is 5.35. The number of hydrogen-bond acceptors (Lipinski definition) is 2. The molecule has 1 aliphatic carbocycles. The molecule has 0 bridgehead atoms. The van der Waals surface area contributed by atoms with Gasteiger partial charge in [-0.2, -0.15) is 0 Å². The number of Topliss-reactive ketones (excluding diaryl/α,β-unsaturated/α-hetero) is 1. The second kappa shape index (κ2) is 3.71. The van der Waals surface area contributed by atoms with Crippen molar-refractivity contribution in [2.75, 3.05) is 0 Å². The summed E-state index contributed by atoms with van der Waals surface area (Å²) in [7, 11) is 0. The lowest BCUT2D eigenvalue weighted by Crippen LogP contribution is -2.34. The van der Waals surface area contributed by atoms with E-state index >= 15 is 0 Å². The summed E-state index contributed by atoms with van der Waals surface area (Å²) < 4.78 is 0. The maximum atomic E-state index is 11.6. The van der Waals surface area contributed by atoms with Gasteiger partial charge in [0.2, 0.25) is 11.6 Å². The van der Waals surface area contributed by atoms with Crippen molar-refractivity contribution >= 4 is 17.1 Å². The summed E-state index contributed by atoms with van der Waals surface area (Å²) in [6, 6.07) is 9.73. The van der Waals surface area contributed by atoms with E-state index in [-0.39, 0.29) is 11.6 Å². The lowest BCUT2D eigenvalue weighted by Gasteiger charge is -2.27. The maximum Gasteiger partial charge on any atom is 0.222 e. The molecule has 0 unspecified atom stereocenters. The number of benzene rings is 1. The van der Waals surface area contributed by atoms with Crippen LogP contribution in [-0.4, -0.2) is 11.6 Å². The molecule has 0 amide bonds.